The normalized spacial score (nSPS) is 11.2. The van der Waals surface area contributed by atoms with Gasteiger partial charge in [-0.15, -0.1) is 24.0 Å². The van der Waals surface area contributed by atoms with E-state index in [2.05, 4.69) is 43.3 Å². The molecule has 0 aliphatic carbocycles. The van der Waals surface area contributed by atoms with Gasteiger partial charge in [0, 0.05) is 19.1 Å². The minimum absolute atomic E-state index is 0. The predicted molar refractivity (Wildman–Crippen MR) is 83.8 cm³/mol. The second-order valence-electron chi connectivity index (χ2n) is 4.12. The summed E-state index contributed by atoms with van der Waals surface area (Å²) in [5, 5.41) is 6.55. The highest BCUT2D eigenvalue weighted by Crippen LogP contribution is 1.98. The van der Waals surface area contributed by atoms with Crippen molar-refractivity contribution in [1.29, 1.82) is 0 Å². The lowest BCUT2D eigenvalue weighted by Gasteiger charge is -2.13. The Morgan fingerprint density at radius 3 is 2.31 bits per heavy atom. The molecule has 0 unspecified atom stereocenters. The van der Waals surface area contributed by atoms with Gasteiger partial charge in [-0.25, -0.2) is 0 Å². The van der Waals surface area contributed by atoms with Crippen molar-refractivity contribution in [3.63, 3.8) is 0 Å². The van der Waals surface area contributed by atoms with E-state index in [-0.39, 0.29) is 24.0 Å². The first-order chi connectivity index (χ1) is 7.20. The number of hydrogen-bond donors (Lipinski definition) is 2. The van der Waals surface area contributed by atoms with Crippen molar-refractivity contribution < 1.29 is 0 Å². The number of nitrogens with one attached hydrogen (secondary N) is 2. The molecule has 0 saturated heterocycles. The van der Waals surface area contributed by atoms with E-state index in [0.717, 1.165) is 19.0 Å². The molecule has 0 aromatic heterocycles. The second kappa shape index (κ2) is 13.1. The van der Waals surface area contributed by atoms with Crippen molar-refractivity contribution in [2.24, 2.45) is 4.99 Å². The van der Waals surface area contributed by atoms with Crippen LogP contribution in [-0.2, 0) is 0 Å². The quantitative estimate of drug-likeness (QED) is 0.323. The maximum Gasteiger partial charge on any atom is 0.191 e. The lowest BCUT2D eigenvalue weighted by Crippen LogP contribution is -2.41. The average molecular weight is 341 g/mol. The van der Waals surface area contributed by atoms with Crippen LogP contribution >= 0.6 is 24.0 Å². The van der Waals surface area contributed by atoms with Crippen molar-refractivity contribution >= 4 is 29.9 Å². The van der Waals surface area contributed by atoms with E-state index >= 15 is 0 Å². The molecule has 0 bridgehead atoms. The standard InChI is InChI=1S/C12H27N3.HI/c1-5-7-8-9-10-14-12(13-6-2)15-11(3)4;/h11H,5-10H2,1-4H3,(H2,13,14,15);1H. The van der Waals surface area contributed by atoms with Gasteiger partial charge >= 0.3 is 0 Å². The van der Waals surface area contributed by atoms with Crippen molar-refractivity contribution in [3.05, 3.63) is 0 Å². The van der Waals surface area contributed by atoms with Crippen LogP contribution in [0.3, 0.4) is 0 Å². The Labute approximate surface area is 118 Å². The molecule has 3 nitrogen and oxygen atoms in total. The van der Waals surface area contributed by atoms with Crippen molar-refractivity contribution in [2.45, 2.75) is 59.4 Å². The minimum atomic E-state index is 0. The summed E-state index contributed by atoms with van der Waals surface area (Å²) in [5.74, 6) is 0.948. The van der Waals surface area contributed by atoms with E-state index in [1.54, 1.807) is 0 Å². The lowest BCUT2D eigenvalue weighted by atomic mass is 10.2. The molecule has 0 aromatic rings. The van der Waals surface area contributed by atoms with Gasteiger partial charge in [0.25, 0.3) is 0 Å². The highest BCUT2D eigenvalue weighted by Gasteiger charge is 1.98. The molecule has 4 heteroatoms. The topological polar surface area (TPSA) is 36.4 Å². The third kappa shape index (κ3) is 12.1. The molecule has 0 fully saturated rings. The number of hydrogen-bond acceptors (Lipinski definition) is 1. The van der Waals surface area contributed by atoms with Crippen LogP contribution in [0.25, 0.3) is 0 Å². The van der Waals surface area contributed by atoms with Gasteiger partial charge in [-0.1, -0.05) is 26.2 Å². The second-order valence-corrected chi connectivity index (χ2v) is 4.12. The number of guanidine groups is 1. The van der Waals surface area contributed by atoms with E-state index in [0.29, 0.717) is 6.04 Å². The van der Waals surface area contributed by atoms with E-state index < -0.39 is 0 Å². The van der Waals surface area contributed by atoms with Crippen LogP contribution in [0.2, 0.25) is 0 Å². The smallest absolute Gasteiger partial charge is 0.191 e. The maximum atomic E-state index is 4.52. The summed E-state index contributed by atoms with van der Waals surface area (Å²) in [5.41, 5.74) is 0. The summed E-state index contributed by atoms with van der Waals surface area (Å²) in [6.07, 6.45) is 5.10. The fraction of sp³-hybridized carbons (Fsp3) is 0.917. The summed E-state index contributed by atoms with van der Waals surface area (Å²) in [4.78, 5) is 4.52. The summed E-state index contributed by atoms with van der Waals surface area (Å²) < 4.78 is 0. The Kier molecular flexibility index (Phi) is 15.0. The van der Waals surface area contributed by atoms with Crippen molar-refractivity contribution in [2.75, 3.05) is 13.1 Å². The van der Waals surface area contributed by atoms with Gasteiger partial charge in [0.1, 0.15) is 0 Å². The third-order valence-corrected chi connectivity index (χ3v) is 2.05. The Morgan fingerprint density at radius 2 is 1.81 bits per heavy atom. The fourth-order valence-electron chi connectivity index (χ4n) is 1.32. The van der Waals surface area contributed by atoms with Crippen LogP contribution in [0.15, 0.2) is 4.99 Å². The number of unbranched alkanes of at least 4 members (excludes halogenated alkanes) is 3. The molecule has 0 aliphatic rings. The summed E-state index contributed by atoms with van der Waals surface area (Å²) >= 11 is 0. The van der Waals surface area contributed by atoms with Crippen molar-refractivity contribution in [1.82, 2.24) is 10.6 Å². The van der Waals surface area contributed by atoms with Gasteiger partial charge < -0.3 is 10.6 Å². The first-order valence-corrected chi connectivity index (χ1v) is 6.25. The molecule has 0 aromatic carbocycles. The average Bonchev–Trinajstić information content (AvgIpc) is 2.17. The highest BCUT2D eigenvalue weighted by atomic mass is 127. The van der Waals surface area contributed by atoms with Crippen molar-refractivity contribution in [3.8, 4) is 0 Å². The monoisotopic (exact) mass is 341 g/mol. The van der Waals surface area contributed by atoms with E-state index in [1.807, 2.05) is 0 Å². The third-order valence-electron chi connectivity index (χ3n) is 2.05. The molecule has 16 heavy (non-hydrogen) atoms. The van der Waals surface area contributed by atoms with E-state index in [4.69, 9.17) is 0 Å². The number of rotatable bonds is 7. The molecule has 98 valence electrons. The van der Waals surface area contributed by atoms with Gasteiger partial charge in [-0.3, -0.25) is 4.99 Å². The first kappa shape index (κ1) is 18.4. The molecule has 0 heterocycles. The highest BCUT2D eigenvalue weighted by molar-refractivity contribution is 14.0. The molecule has 0 amide bonds. The fourth-order valence-corrected chi connectivity index (χ4v) is 1.32. The first-order valence-electron chi connectivity index (χ1n) is 6.25. The van der Waals surface area contributed by atoms with Crippen LogP contribution in [0.5, 0.6) is 0 Å². The van der Waals surface area contributed by atoms with Gasteiger partial charge in [0.2, 0.25) is 0 Å². The van der Waals surface area contributed by atoms with Crippen LogP contribution in [0, 0.1) is 0 Å². The summed E-state index contributed by atoms with van der Waals surface area (Å²) in [6.45, 7) is 10.4. The zero-order chi connectivity index (χ0) is 11.5. The molecule has 0 aliphatic heterocycles. The molecular weight excluding hydrogens is 313 g/mol. The Bertz CT molecular complexity index is 170. The van der Waals surface area contributed by atoms with Crippen LogP contribution in [-0.4, -0.2) is 25.1 Å². The molecule has 0 atom stereocenters. The molecular formula is C12H28IN3. The molecule has 2 N–H and O–H groups in total. The van der Waals surface area contributed by atoms with Gasteiger partial charge in [0.15, 0.2) is 5.96 Å². The maximum absolute atomic E-state index is 4.52. The van der Waals surface area contributed by atoms with E-state index in [1.165, 1.54) is 25.7 Å². The summed E-state index contributed by atoms with van der Waals surface area (Å²) in [6, 6.07) is 0.443. The van der Waals surface area contributed by atoms with Gasteiger partial charge in [0.05, 0.1) is 0 Å². The van der Waals surface area contributed by atoms with Gasteiger partial charge in [-0.05, 0) is 27.2 Å². The number of aliphatic imine (C=N–C) groups is 1. The summed E-state index contributed by atoms with van der Waals surface area (Å²) in [7, 11) is 0. The van der Waals surface area contributed by atoms with Crippen LogP contribution < -0.4 is 10.6 Å². The molecule has 0 radical (unpaired) electrons. The molecule has 0 spiro atoms. The van der Waals surface area contributed by atoms with Crippen LogP contribution in [0.4, 0.5) is 0 Å². The Hall–Kier alpha value is 0. The zero-order valence-electron chi connectivity index (χ0n) is 11.2. The zero-order valence-corrected chi connectivity index (χ0v) is 13.5. The molecule has 0 saturated carbocycles. The largest absolute Gasteiger partial charge is 0.357 e. The molecule has 0 rings (SSSR count). The number of nitrogens with zero attached hydrogens (tertiary/aromatic N) is 1. The predicted octanol–water partition coefficient (Wildman–Crippen LogP) is 3.15. The van der Waals surface area contributed by atoms with Crippen LogP contribution in [0.1, 0.15) is 53.4 Å². The van der Waals surface area contributed by atoms with E-state index in [9.17, 15) is 0 Å². The minimum Gasteiger partial charge on any atom is -0.357 e. The lowest BCUT2D eigenvalue weighted by molar-refractivity contribution is 0.662. The SMILES string of the molecule is CCCCCCN=C(NCC)NC(C)C.I. The van der Waals surface area contributed by atoms with Gasteiger partial charge in [-0.2, -0.15) is 0 Å². The Morgan fingerprint density at radius 1 is 1.12 bits per heavy atom. The Balaban J connectivity index is 0. The number of halogens is 1.